The number of aromatic hydroxyl groups is 1. The first kappa shape index (κ1) is 9.36. The highest BCUT2D eigenvalue weighted by molar-refractivity contribution is 7.22. The molecule has 0 amide bonds. The lowest BCUT2D eigenvalue weighted by Crippen LogP contribution is -1.77. The molecular formula is C13H9NOS. The molecule has 16 heavy (non-hydrogen) atoms. The predicted octanol–water partition coefficient (Wildman–Crippen LogP) is 3.67. The number of thiophene rings is 1. The summed E-state index contributed by atoms with van der Waals surface area (Å²) in [4.78, 5) is 5.09. The van der Waals surface area contributed by atoms with Crippen molar-refractivity contribution in [2.45, 2.75) is 0 Å². The first-order chi connectivity index (χ1) is 7.86. The lowest BCUT2D eigenvalue weighted by atomic mass is 10.2. The van der Waals surface area contributed by atoms with Gasteiger partial charge in [-0.15, -0.1) is 11.3 Å². The van der Waals surface area contributed by atoms with Crippen LogP contribution in [0.1, 0.15) is 0 Å². The molecule has 2 aromatic heterocycles. The second-order valence-electron chi connectivity index (χ2n) is 3.49. The minimum Gasteiger partial charge on any atom is -0.506 e. The molecule has 0 unspecified atom stereocenters. The van der Waals surface area contributed by atoms with Crippen molar-refractivity contribution >= 4 is 21.4 Å². The molecule has 0 aliphatic heterocycles. The highest BCUT2D eigenvalue weighted by Gasteiger charge is 2.12. The Bertz CT molecular complexity index is 631. The molecule has 78 valence electrons. The van der Waals surface area contributed by atoms with Gasteiger partial charge < -0.3 is 5.11 Å². The van der Waals surface area contributed by atoms with Gasteiger partial charge in [0.15, 0.2) is 0 Å². The SMILES string of the molecule is Oc1c(-c2ccccn2)sc2ccccc12. The minimum atomic E-state index is 0.333. The van der Waals surface area contributed by atoms with E-state index < -0.39 is 0 Å². The van der Waals surface area contributed by atoms with Crippen LogP contribution in [0.15, 0.2) is 48.7 Å². The fourth-order valence-electron chi connectivity index (χ4n) is 1.70. The van der Waals surface area contributed by atoms with Crippen LogP contribution in [0.4, 0.5) is 0 Å². The van der Waals surface area contributed by atoms with Gasteiger partial charge in [0.1, 0.15) is 5.75 Å². The predicted molar refractivity (Wildman–Crippen MR) is 66.7 cm³/mol. The Morgan fingerprint density at radius 1 is 1.00 bits per heavy atom. The normalized spacial score (nSPS) is 10.8. The molecule has 2 nitrogen and oxygen atoms in total. The summed E-state index contributed by atoms with van der Waals surface area (Å²) < 4.78 is 1.08. The van der Waals surface area contributed by atoms with E-state index >= 15 is 0 Å². The van der Waals surface area contributed by atoms with Gasteiger partial charge in [0.2, 0.25) is 0 Å². The van der Waals surface area contributed by atoms with Crippen LogP contribution in [0.5, 0.6) is 5.75 Å². The Labute approximate surface area is 96.8 Å². The summed E-state index contributed by atoms with van der Waals surface area (Å²) in [5.41, 5.74) is 0.821. The quantitative estimate of drug-likeness (QED) is 0.688. The third kappa shape index (κ3) is 1.37. The molecular weight excluding hydrogens is 218 g/mol. The molecule has 1 aromatic carbocycles. The van der Waals surface area contributed by atoms with Gasteiger partial charge in [0.25, 0.3) is 0 Å². The average molecular weight is 227 g/mol. The van der Waals surface area contributed by atoms with Gasteiger partial charge in [0.05, 0.1) is 10.6 Å². The van der Waals surface area contributed by atoms with E-state index in [0.717, 1.165) is 20.7 Å². The molecule has 0 radical (unpaired) electrons. The average Bonchev–Trinajstić information content (AvgIpc) is 2.69. The third-order valence-corrected chi connectivity index (χ3v) is 3.65. The molecule has 3 rings (SSSR count). The van der Waals surface area contributed by atoms with Crippen molar-refractivity contribution in [3.05, 3.63) is 48.7 Å². The van der Waals surface area contributed by atoms with Crippen molar-refractivity contribution in [2.75, 3.05) is 0 Å². The Morgan fingerprint density at radius 3 is 2.56 bits per heavy atom. The lowest BCUT2D eigenvalue weighted by molar-refractivity contribution is 0.485. The van der Waals surface area contributed by atoms with E-state index in [4.69, 9.17) is 0 Å². The summed E-state index contributed by atoms with van der Waals surface area (Å²) in [6, 6.07) is 13.5. The molecule has 0 atom stereocenters. The number of rotatable bonds is 1. The van der Waals surface area contributed by atoms with Crippen LogP contribution in [0.2, 0.25) is 0 Å². The summed E-state index contributed by atoms with van der Waals surface area (Å²) in [5, 5.41) is 11.0. The van der Waals surface area contributed by atoms with Crippen molar-refractivity contribution in [1.29, 1.82) is 0 Å². The summed E-state index contributed by atoms with van der Waals surface area (Å²) in [5.74, 6) is 0.333. The van der Waals surface area contributed by atoms with Crippen LogP contribution in [0, 0.1) is 0 Å². The molecule has 1 N–H and O–H groups in total. The largest absolute Gasteiger partial charge is 0.506 e. The second-order valence-corrected chi connectivity index (χ2v) is 4.54. The van der Waals surface area contributed by atoms with Crippen LogP contribution < -0.4 is 0 Å². The summed E-state index contributed by atoms with van der Waals surface area (Å²) in [6.07, 6.45) is 1.74. The standard InChI is InChI=1S/C13H9NOS/c15-12-9-5-1-2-7-11(9)16-13(12)10-6-3-4-8-14-10/h1-8,15H. The first-order valence-corrected chi connectivity index (χ1v) is 5.80. The maximum atomic E-state index is 10.1. The van der Waals surface area contributed by atoms with E-state index in [-0.39, 0.29) is 0 Å². The summed E-state index contributed by atoms with van der Waals surface area (Å²) in [6.45, 7) is 0. The zero-order valence-electron chi connectivity index (χ0n) is 8.42. The van der Waals surface area contributed by atoms with Crippen molar-refractivity contribution < 1.29 is 5.11 Å². The molecule has 2 heterocycles. The zero-order chi connectivity index (χ0) is 11.0. The number of benzene rings is 1. The van der Waals surface area contributed by atoms with Crippen molar-refractivity contribution in [1.82, 2.24) is 4.98 Å². The van der Waals surface area contributed by atoms with Gasteiger partial charge in [0, 0.05) is 16.3 Å². The number of hydrogen-bond acceptors (Lipinski definition) is 3. The van der Waals surface area contributed by atoms with Gasteiger partial charge in [-0.2, -0.15) is 0 Å². The van der Waals surface area contributed by atoms with E-state index in [2.05, 4.69) is 4.98 Å². The maximum absolute atomic E-state index is 10.1. The molecule has 3 heteroatoms. The Kier molecular flexibility index (Phi) is 2.11. The topological polar surface area (TPSA) is 33.1 Å². The van der Waals surface area contributed by atoms with Crippen LogP contribution in [-0.4, -0.2) is 10.1 Å². The highest BCUT2D eigenvalue weighted by atomic mass is 32.1. The second kappa shape index (κ2) is 3.61. The number of nitrogens with zero attached hydrogens (tertiary/aromatic N) is 1. The summed E-state index contributed by atoms with van der Waals surface area (Å²) in [7, 11) is 0. The highest BCUT2D eigenvalue weighted by Crippen LogP contribution is 2.42. The number of pyridine rings is 1. The zero-order valence-corrected chi connectivity index (χ0v) is 9.24. The van der Waals surface area contributed by atoms with E-state index in [9.17, 15) is 5.11 Å². The van der Waals surface area contributed by atoms with Crippen LogP contribution in [0.25, 0.3) is 20.7 Å². The van der Waals surface area contributed by atoms with E-state index in [1.807, 2.05) is 42.5 Å². The minimum absolute atomic E-state index is 0.333. The van der Waals surface area contributed by atoms with Gasteiger partial charge in [-0.3, -0.25) is 4.98 Å². The molecule has 0 saturated carbocycles. The Hall–Kier alpha value is -1.87. The van der Waals surface area contributed by atoms with Gasteiger partial charge in [-0.1, -0.05) is 18.2 Å². The van der Waals surface area contributed by atoms with Crippen molar-refractivity contribution in [2.24, 2.45) is 0 Å². The molecule has 0 aliphatic rings. The maximum Gasteiger partial charge on any atom is 0.143 e. The van der Waals surface area contributed by atoms with Crippen LogP contribution in [-0.2, 0) is 0 Å². The Morgan fingerprint density at radius 2 is 1.81 bits per heavy atom. The monoisotopic (exact) mass is 227 g/mol. The smallest absolute Gasteiger partial charge is 0.143 e. The fourth-order valence-corrected chi connectivity index (χ4v) is 2.78. The van der Waals surface area contributed by atoms with Gasteiger partial charge in [-0.05, 0) is 24.3 Å². The van der Waals surface area contributed by atoms with E-state index in [1.165, 1.54) is 0 Å². The van der Waals surface area contributed by atoms with Gasteiger partial charge >= 0.3 is 0 Å². The van der Waals surface area contributed by atoms with Crippen molar-refractivity contribution in [3.63, 3.8) is 0 Å². The molecule has 0 saturated heterocycles. The number of hydrogen-bond donors (Lipinski definition) is 1. The van der Waals surface area contributed by atoms with Gasteiger partial charge in [-0.25, -0.2) is 0 Å². The Balaban J connectivity index is 2.29. The van der Waals surface area contributed by atoms with Crippen molar-refractivity contribution in [3.8, 4) is 16.3 Å². The number of fused-ring (bicyclic) bond motifs is 1. The van der Waals surface area contributed by atoms with Crippen LogP contribution >= 0.6 is 11.3 Å². The first-order valence-electron chi connectivity index (χ1n) is 4.98. The number of aromatic nitrogens is 1. The molecule has 0 spiro atoms. The fraction of sp³-hybridized carbons (Fsp3) is 0. The lowest BCUT2D eigenvalue weighted by Gasteiger charge is -1.96. The van der Waals surface area contributed by atoms with E-state index in [0.29, 0.717) is 5.75 Å². The third-order valence-electron chi connectivity index (χ3n) is 2.47. The molecule has 3 aromatic rings. The summed E-state index contributed by atoms with van der Waals surface area (Å²) >= 11 is 1.56. The van der Waals surface area contributed by atoms with E-state index in [1.54, 1.807) is 17.5 Å². The molecule has 0 aliphatic carbocycles. The van der Waals surface area contributed by atoms with Crippen LogP contribution in [0.3, 0.4) is 0 Å². The molecule has 0 fully saturated rings. The molecule has 0 bridgehead atoms.